The van der Waals surface area contributed by atoms with E-state index in [1.807, 2.05) is 0 Å². The molecule has 1 saturated heterocycles. The topological polar surface area (TPSA) is 172 Å². The van der Waals surface area contributed by atoms with Gasteiger partial charge in [0.25, 0.3) is 17.4 Å². The van der Waals surface area contributed by atoms with Crippen molar-refractivity contribution in [2.45, 2.75) is 43.3 Å². The third kappa shape index (κ3) is 5.96. The average molecular weight is 852 g/mol. The number of anilines is 1. The Bertz CT molecular complexity index is 3030. The van der Waals surface area contributed by atoms with Gasteiger partial charge in [-0.05, 0) is 71.7 Å². The number of fused-ring (bicyclic) bond motifs is 5. The Morgan fingerprint density at radius 2 is 1.62 bits per heavy atom. The molecule has 2 fully saturated rings. The minimum absolute atomic E-state index is 0.0881. The number of allylic oxidation sites excluding steroid dienone is 2. The zero-order chi connectivity index (χ0) is 43.1. The maximum absolute atomic E-state index is 15.4. The number of aromatic hydroxyl groups is 1. The van der Waals surface area contributed by atoms with Gasteiger partial charge in [-0.3, -0.25) is 19.8 Å². The van der Waals surface area contributed by atoms with E-state index >= 15 is 9.18 Å². The maximum atomic E-state index is 15.4. The van der Waals surface area contributed by atoms with Crippen LogP contribution in [0.5, 0.6) is 17.2 Å². The zero-order valence-electron chi connectivity index (χ0n) is 32.8. The van der Waals surface area contributed by atoms with Crippen LogP contribution < -0.4 is 31.8 Å². The number of carbonyl (C=O) groups is 2. The Balaban J connectivity index is 1.17. The van der Waals surface area contributed by atoms with E-state index in [1.165, 1.54) is 46.3 Å². The lowest BCUT2D eigenvalue weighted by atomic mass is 9.53. The number of nitrogens with one attached hydrogen (secondary N) is 1. The van der Waals surface area contributed by atoms with E-state index in [-0.39, 0.29) is 42.9 Å². The molecule has 1 saturated carbocycles. The smallest absolute Gasteiger partial charge is 0.347 e. The summed E-state index contributed by atoms with van der Waals surface area (Å²) in [5.74, 6) is -5.13. The van der Waals surface area contributed by atoms with Crippen molar-refractivity contribution in [3.05, 3.63) is 155 Å². The van der Waals surface area contributed by atoms with Crippen molar-refractivity contribution in [3.8, 4) is 17.2 Å². The number of hydrogen-bond acceptors (Lipinski definition) is 10. The van der Waals surface area contributed by atoms with E-state index in [2.05, 4.69) is 10.4 Å². The number of imide groups is 1. The van der Waals surface area contributed by atoms with Crippen LogP contribution in [0.1, 0.15) is 35.2 Å². The molecular weight excluding hydrogens is 816 g/mol. The summed E-state index contributed by atoms with van der Waals surface area (Å²) in [4.78, 5) is 76.8. The number of aromatic nitrogens is 5. The second-order valence-corrected chi connectivity index (χ2v) is 15.6. The Morgan fingerprint density at radius 3 is 2.31 bits per heavy atom. The Kier molecular flexibility index (Phi) is 9.45. The predicted molar refractivity (Wildman–Crippen MR) is 218 cm³/mol. The number of nitrogens with zero attached hydrogens (tertiary/aromatic N) is 6. The fraction of sp³-hybridized carbons (Fsp3) is 0.256. The van der Waals surface area contributed by atoms with Gasteiger partial charge < -0.3 is 19.1 Å². The number of phenolic OH excluding ortho intramolecular Hbond substituents is 1. The SMILES string of the molecule is COc1cc2nc(CCn3c(=O)n4n(c3=O)[C@@H]3C[C@H]5C(=O)N(Nc6ccc(F)cc6)C(=O)[C@@]5(c5ccc(Cl)cc5)[C@@H](c5ccc(O)c(F)c5)C3=CC4)c(=O)n(C)c2cc1OC. The van der Waals surface area contributed by atoms with E-state index in [0.717, 1.165) is 33.8 Å². The molecule has 312 valence electrons. The summed E-state index contributed by atoms with van der Waals surface area (Å²) >= 11 is 6.33. The molecule has 2 N–H and O–H groups in total. The van der Waals surface area contributed by atoms with Crippen LogP contribution in [-0.4, -0.2) is 59.6 Å². The maximum Gasteiger partial charge on any atom is 0.347 e. The summed E-state index contributed by atoms with van der Waals surface area (Å²) < 4.78 is 45.0. The largest absolute Gasteiger partial charge is 0.505 e. The number of carbonyl (C=O) groups excluding carboxylic acids is 2. The van der Waals surface area contributed by atoms with Gasteiger partial charge in [-0.2, -0.15) is 5.01 Å². The molecule has 4 heterocycles. The molecule has 9 rings (SSSR count). The summed E-state index contributed by atoms with van der Waals surface area (Å²) in [5.41, 5.74) is 1.46. The Morgan fingerprint density at radius 1 is 0.918 bits per heavy atom. The highest BCUT2D eigenvalue weighted by Gasteiger charge is 2.68. The highest BCUT2D eigenvalue weighted by molar-refractivity contribution is 6.30. The number of hydrogen-bond donors (Lipinski definition) is 2. The summed E-state index contributed by atoms with van der Waals surface area (Å²) in [5, 5.41) is 11.5. The predicted octanol–water partition coefficient (Wildman–Crippen LogP) is 4.57. The minimum Gasteiger partial charge on any atom is -0.505 e. The van der Waals surface area contributed by atoms with Crippen molar-refractivity contribution >= 4 is 40.1 Å². The van der Waals surface area contributed by atoms with E-state index in [9.17, 15) is 28.7 Å². The second-order valence-electron chi connectivity index (χ2n) is 15.1. The normalized spacial score (nSPS) is 20.6. The van der Waals surface area contributed by atoms with E-state index < -0.39 is 69.4 Å². The average Bonchev–Trinajstić information content (AvgIpc) is 3.63. The van der Waals surface area contributed by atoms with Gasteiger partial charge in [0.1, 0.15) is 11.5 Å². The Labute approximate surface area is 349 Å². The van der Waals surface area contributed by atoms with Crippen molar-refractivity contribution in [1.82, 2.24) is 28.5 Å². The zero-order valence-corrected chi connectivity index (χ0v) is 33.5. The number of ether oxygens (including phenoxy) is 2. The summed E-state index contributed by atoms with van der Waals surface area (Å²) in [6, 6.07) is 17.4. The van der Waals surface area contributed by atoms with Crippen LogP contribution in [0, 0.1) is 17.6 Å². The molecule has 0 radical (unpaired) electrons. The molecule has 2 amide bonds. The van der Waals surface area contributed by atoms with Crippen molar-refractivity contribution in [1.29, 1.82) is 0 Å². The molecule has 3 aliphatic rings. The van der Waals surface area contributed by atoms with E-state index in [4.69, 9.17) is 21.1 Å². The van der Waals surface area contributed by atoms with Gasteiger partial charge in [0.2, 0.25) is 0 Å². The lowest BCUT2D eigenvalue weighted by Gasteiger charge is -2.49. The number of methoxy groups -OCH3 is 2. The molecule has 0 spiro atoms. The molecule has 1 aliphatic carbocycles. The number of amides is 2. The van der Waals surface area contributed by atoms with Gasteiger partial charge >= 0.3 is 11.4 Å². The number of hydrazine groups is 1. The molecule has 2 aromatic heterocycles. The van der Waals surface area contributed by atoms with Crippen LogP contribution in [0.4, 0.5) is 14.5 Å². The van der Waals surface area contributed by atoms with Crippen LogP contribution in [0.2, 0.25) is 5.02 Å². The van der Waals surface area contributed by atoms with Crippen LogP contribution in [0.15, 0.2) is 105 Å². The van der Waals surface area contributed by atoms with E-state index in [0.29, 0.717) is 38.7 Å². The fourth-order valence-corrected chi connectivity index (χ4v) is 9.45. The first kappa shape index (κ1) is 39.5. The second kappa shape index (κ2) is 14.6. The lowest BCUT2D eigenvalue weighted by Crippen LogP contribution is -2.53. The highest BCUT2D eigenvalue weighted by atomic mass is 35.5. The van der Waals surface area contributed by atoms with Crippen molar-refractivity contribution in [2.24, 2.45) is 13.0 Å². The standard InChI is InChI=1S/C43H36ClF2N7O8/c1-49-33-21-36(61-3)35(60-2)20-31(33)47-30(39(49)56)15-16-50-41(58)51-17-14-27-32(53(51)42(50)59)19-28-38(55)52(48-26-11-9-25(45)10-12-26)40(57)43(28,23-5-7-24(44)8-6-23)37(27)22-4-13-34(54)29(46)18-22/h4-14,18,20-21,28,32,37,48,54H,15-17,19H2,1-3H3/t28-,32+,37-,43+/m0/s1. The number of aryl methyl sites for hydroxylation is 2. The first-order valence-electron chi connectivity index (χ1n) is 19.2. The lowest BCUT2D eigenvalue weighted by molar-refractivity contribution is -0.138. The third-order valence-corrected chi connectivity index (χ3v) is 12.4. The van der Waals surface area contributed by atoms with Gasteiger partial charge in [-0.25, -0.2) is 37.3 Å². The number of phenols is 1. The van der Waals surface area contributed by atoms with E-state index in [1.54, 1.807) is 49.5 Å². The Hall–Kier alpha value is -7.01. The van der Waals surface area contributed by atoms with Gasteiger partial charge in [-0.15, -0.1) is 0 Å². The van der Waals surface area contributed by atoms with Crippen molar-refractivity contribution in [2.75, 3.05) is 19.6 Å². The molecule has 2 aliphatic heterocycles. The molecule has 0 unspecified atom stereocenters. The molecule has 4 aromatic carbocycles. The number of rotatable bonds is 9. The van der Waals surface area contributed by atoms with Crippen molar-refractivity contribution in [3.63, 3.8) is 0 Å². The molecule has 6 aromatic rings. The first-order chi connectivity index (χ1) is 29.3. The van der Waals surface area contributed by atoms with Crippen LogP contribution in [0.25, 0.3) is 11.0 Å². The molecule has 18 heteroatoms. The van der Waals surface area contributed by atoms with Crippen LogP contribution in [-0.2, 0) is 41.6 Å². The first-order valence-corrected chi connectivity index (χ1v) is 19.5. The summed E-state index contributed by atoms with van der Waals surface area (Å²) in [7, 11) is 4.51. The molecule has 0 bridgehead atoms. The molecule has 15 nitrogen and oxygen atoms in total. The van der Waals surface area contributed by atoms with Crippen molar-refractivity contribution < 1.29 is 33.0 Å². The molecule has 61 heavy (non-hydrogen) atoms. The van der Waals surface area contributed by atoms with Gasteiger partial charge in [0, 0.05) is 43.1 Å². The molecular formula is C43H36ClF2N7O8. The van der Waals surface area contributed by atoms with Gasteiger partial charge in [0.05, 0.1) is 54.9 Å². The summed E-state index contributed by atoms with van der Waals surface area (Å²) in [6.45, 7) is -0.367. The quantitative estimate of drug-likeness (QED) is 0.155. The third-order valence-electron chi connectivity index (χ3n) is 12.1. The monoisotopic (exact) mass is 851 g/mol. The summed E-state index contributed by atoms with van der Waals surface area (Å²) in [6.07, 6.45) is 1.45. The number of benzene rings is 4. The van der Waals surface area contributed by atoms with Gasteiger partial charge in [-0.1, -0.05) is 35.9 Å². The fourth-order valence-electron chi connectivity index (χ4n) is 9.32. The number of halogens is 3. The van der Waals surface area contributed by atoms with Gasteiger partial charge in [0.15, 0.2) is 23.1 Å². The van der Waals surface area contributed by atoms with Crippen LogP contribution >= 0.6 is 11.6 Å². The molecule has 4 atom stereocenters. The van der Waals surface area contributed by atoms with Crippen LogP contribution in [0.3, 0.4) is 0 Å². The minimum atomic E-state index is -1.77. The highest BCUT2D eigenvalue weighted by Crippen LogP contribution is 2.62.